The number of nitrogens with zero attached hydrogens (tertiary/aromatic N) is 3. The summed E-state index contributed by atoms with van der Waals surface area (Å²) in [6.45, 7) is 4.80. The molecule has 0 atom stereocenters. The van der Waals surface area contributed by atoms with E-state index in [0.717, 1.165) is 35.4 Å². The molecule has 1 aromatic heterocycles. The van der Waals surface area contributed by atoms with Crippen LogP contribution < -0.4 is 9.64 Å². The molecule has 1 amide bonds. The molecule has 28 heavy (non-hydrogen) atoms. The maximum Gasteiger partial charge on any atom is 0.260 e. The zero-order valence-electron chi connectivity index (χ0n) is 15.8. The lowest BCUT2D eigenvalue weighted by Crippen LogP contribution is -2.50. The number of carbonyl (C=O) groups is 1. The van der Waals surface area contributed by atoms with Gasteiger partial charge in [0.25, 0.3) is 5.91 Å². The SMILES string of the molecule is Cc1cc(OCC(=O)N2CCN(c3ccc4ccccc4n3)CC2)ccc1Cl. The molecular formula is C22H22ClN3O2. The summed E-state index contributed by atoms with van der Waals surface area (Å²) in [6, 6.07) is 17.7. The van der Waals surface area contributed by atoms with Gasteiger partial charge in [-0.2, -0.15) is 0 Å². The standard InChI is InChI=1S/C22H22ClN3O2/c1-16-14-18(7-8-19(16)23)28-15-22(27)26-12-10-25(11-13-26)21-9-6-17-4-2-3-5-20(17)24-21/h2-9,14H,10-13,15H2,1H3. The van der Waals surface area contributed by atoms with Crippen LogP contribution in [0, 0.1) is 6.92 Å². The first-order valence-electron chi connectivity index (χ1n) is 9.37. The van der Waals surface area contributed by atoms with E-state index in [9.17, 15) is 4.79 Å². The van der Waals surface area contributed by atoms with Gasteiger partial charge in [-0.25, -0.2) is 4.98 Å². The summed E-state index contributed by atoms with van der Waals surface area (Å²) in [6.07, 6.45) is 0. The predicted octanol–water partition coefficient (Wildman–Crippen LogP) is 3.92. The molecule has 1 saturated heterocycles. The minimum atomic E-state index is -0.00118. The summed E-state index contributed by atoms with van der Waals surface area (Å²) in [5.74, 6) is 1.62. The number of amides is 1. The Morgan fingerprint density at radius 1 is 1.07 bits per heavy atom. The van der Waals surface area contributed by atoms with Gasteiger partial charge < -0.3 is 14.5 Å². The number of para-hydroxylation sites is 1. The fraction of sp³-hybridized carbons (Fsp3) is 0.273. The van der Waals surface area contributed by atoms with Crippen molar-refractivity contribution in [2.75, 3.05) is 37.7 Å². The van der Waals surface area contributed by atoms with Gasteiger partial charge in [-0.15, -0.1) is 0 Å². The molecule has 6 heteroatoms. The second-order valence-electron chi connectivity index (χ2n) is 6.93. The molecular weight excluding hydrogens is 374 g/mol. The van der Waals surface area contributed by atoms with Gasteiger partial charge in [0.05, 0.1) is 5.52 Å². The number of rotatable bonds is 4. The second-order valence-corrected chi connectivity index (χ2v) is 7.34. The lowest BCUT2D eigenvalue weighted by Gasteiger charge is -2.35. The number of aryl methyl sites for hydroxylation is 1. The maximum absolute atomic E-state index is 12.5. The molecule has 0 N–H and O–H groups in total. The number of anilines is 1. The Morgan fingerprint density at radius 2 is 1.86 bits per heavy atom. The second kappa shape index (κ2) is 8.07. The van der Waals surface area contributed by atoms with Crippen molar-refractivity contribution < 1.29 is 9.53 Å². The first kappa shape index (κ1) is 18.6. The van der Waals surface area contributed by atoms with Crippen LogP contribution in [0.15, 0.2) is 54.6 Å². The Hall–Kier alpha value is -2.79. The number of pyridine rings is 1. The van der Waals surface area contributed by atoms with E-state index in [1.807, 2.05) is 42.2 Å². The zero-order valence-corrected chi connectivity index (χ0v) is 16.5. The van der Waals surface area contributed by atoms with E-state index in [1.165, 1.54) is 0 Å². The summed E-state index contributed by atoms with van der Waals surface area (Å²) in [4.78, 5) is 21.3. The van der Waals surface area contributed by atoms with Crippen LogP contribution >= 0.6 is 11.6 Å². The molecule has 0 unspecified atom stereocenters. The van der Waals surface area contributed by atoms with E-state index >= 15 is 0 Å². The number of hydrogen-bond donors (Lipinski definition) is 0. The molecule has 4 rings (SSSR count). The smallest absolute Gasteiger partial charge is 0.260 e. The van der Waals surface area contributed by atoms with Crippen LogP contribution in [0.25, 0.3) is 10.9 Å². The first-order valence-corrected chi connectivity index (χ1v) is 9.75. The van der Waals surface area contributed by atoms with Crippen LogP contribution in [0.4, 0.5) is 5.82 Å². The van der Waals surface area contributed by atoms with Crippen molar-refractivity contribution >= 4 is 34.2 Å². The Balaban J connectivity index is 1.32. The van der Waals surface area contributed by atoms with Gasteiger partial charge in [-0.3, -0.25) is 4.79 Å². The molecule has 2 aromatic carbocycles. The lowest BCUT2D eigenvalue weighted by molar-refractivity contribution is -0.133. The van der Waals surface area contributed by atoms with Crippen molar-refractivity contribution in [3.05, 3.63) is 65.2 Å². The molecule has 0 aliphatic carbocycles. The number of carbonyl (C=O) groups excluding carboxylic acids is 1. The molecule has 0 radical (unpaired) electrons. The van der Waals surface area contributed by atoms with Crippen molar-refractivity contribution in [3.8, 4) is 5.75 Å². The van der Waals surface area contributed by atoms with E-state index in [4.69, 9.17) is 21.3 Å². The van der Waals surface area contributed by atoms with Gasteiger partial charge in [0.15, 0.2) is 6.61 Å². The molecule has 0 bridgehead atoms. The lowest BCUT2D eigenvalue weighted by atomic mass is 10.2. The van der Waals surface area contributed by atoms with Gasteiger partial charge in [0.1, 0.15) is 11.6 Å². The van der Waals surface area contributed by atoms with E-state index < -0.39 is 0 Å². The molecule has 0 saturated carbocycles. The van der Waals surface area contributed by atoms with Gasteiger partial charge >= 0.3 is 0 Å². The first-order chi connectivity index (χ1) is 13.6. The quantitative estimate of drug-likeness (QED) is 0.671. The number of ether oxygens (including phenoxy) is 1. The molecule has 2 heterocycles. The minimum Gasteiger partial charge on any atom is -0.484 e. The Kier molecular flexibility index (Phi) is 5.35. The summed E-state index contributed by atoms with van der Waals surface area (Å²) in [5, 5.41) is 1.83. The molecule has 3 aromatic rings. The fourth-order valence-electron chi connectivity index (χ4n) is 3.36. The van der Waals surface area contributed by atoms with Crippen molar-refractivity contribution in [1.29, 1.82) is 0 Å². The maximum atomic E-state index is 12.5. The third kappa shape index (κ3) is 4.04. The summed E-state index contributed by atoms with van der Waals surface area (Å²) < 4.78 is 5.64. The van der Waals surface area contributed by atoms with Gasteiger partial charge in [0, 0.05) is 36.6 Å². The normalized spacial score (nSPS) is 14.4. The van der Waals surface area contributed by atoms with E-state index in [0.29, 0.717) is 23.9 Å². The zero-order chi connectivity index (χ0) is 19.5. The summed E-state index contributed by atoms with van der Waals surface area (Å²) in [7, 11) is 0. The molecule has 144 valence electrons. The average molecular weight is 396 g/mol. The van der Waals surface area contributed by atoms with Gasteiger partial charge in [0.2, 0.25) is 0 Å². The fourth-order valence-corrected chi connectivity index (χ4v) is 3.48. The predicted molar refractivity (Wildman–Crippen MR) is 112 cm³/mol. The third-order valence-electron chi connectivity index (χ3n) is 5.03. The third-order valence-corrected chi connectivity index (χ3v) is 5.46. The highest BCUT2D eigenvalue weighted by molar-refractivity contribution is 6.31. The largest absolute Gasteiger partial charge is 0.484 e. The molecule has 5 nitrogen and oxygen atoms in total. The van der Waals surface area contributed by atoms with Crippen LogP contribution in [0.2, 0.25) is 5.02 Å². The number of halogens is 1. The van der Waals surface area contributed by atoms with Crippen molar-refractivity contribution in [2.45, 2.75) is 6.92 Å². The number of fused-ring (bicyclic) bond motifs is 1. The summed E-state index contributed by atoms with van der Waals surface area (Å²) >= 11 is 6.02. The average Bonchev–Trinajstić information content (AvgIpc) is 2.74. The number of piperazine rings is 1. The van der Waals surface area contributed by atoms with Gasteiger partial charge in [-0.1, -0.05) is 29.8 Å². The Labute approximate surface area is 169 Å². The highest BCUT2D eigenvalue weighted by Gasteiger charge is 2.22. The Bertz CT molecular complexity index is 1000. The van der Waals surface area contributed by atoms with Crippen molar-refractivity contribution in [1.82, 2.24) is 9.88 Å². The van der Waals surface area contributed by atoms with E-state index in [2.05, 4.69) is 17.0 Å². The molecule has 1 aliphatic heterocycles. The molecule has 1 aliphatic rings. The number of aromatic nitrogens is 1. The highest BCUT2D eigenvalue weighted by atomic mass is 35.5. The topological polar surface area (TPSA) is 45.7 Å². The molecule has 1 fully saturated rings. The van der Waals surface area contributed by atoms with Crippen molar-refractivity contribution in [3.63, 3.8) is 0 Å². The number of benzene rings is 2. The molecule has 0 spiro atoms. The van der Waals surface area contributed by atoms with Crippen LogP contribution in [0.1, 0.15) is 5.56 Å². The van der Waals surface area contributed by atoms with E-state index in [-0.39, 0.29) is 12.5 Å². The highest BCUT2D eigenvalue weighted by Crippen LogP contribution is 2.22. The van der Waals surface area contributed by atoms with Crippen LogP contribution in [0.5, 0.6) is 5.75 Å². The number of hydrogen-bond acceptors (Lipinski definition) is 4. The minimum absolute atomic E-state index is 0.00118. The van der Waals surface area contributed by atoms with Gasteiger partial charge in [-0.05, 0) is 48.9 Å². The van der Waals surface area contributed by atoms with Crippen LogP contribution in [-0.2, 0) is 4.79 Å². The monoisotopic (exact) mass is 395 g/mol. The Morgan fingerprint density at radius 3 is 2.64 bits per heavy atom. The van der Waals surface area contributed by atoms with Crippen molar-refractivity contribution in [2.24, 2.45) is 0 Å². The van der Waals surface area contributed by atoms with Crippen LogP contribution in [-0.4, -0.2) is 48.6 Å². The van der Waals surface area contributed by atoms with E-state index in [1.54, 1.807) is 12.1 Å². The summed E-state index contributed by atoms with van der Waals surface area (Å²) in [5.41, 5.74) is 1.92. The van der Waals surface area contributed by atoms with Crippen LogP contribution in [0.3, 0.4) is 0 Å².